The Bertz CT molecular complexity index is 934. The highest BCUT2D eigenvalue weighted by atomic mass is 32.2. The van der Waals surface area contributed by atoms with Gasteiger partial charge >= 0.3 is 6.18 Å². The van der Waals surface area contributed by atoms with Crippen molar-refractivity contribution in [2.24, 2.45) is 0 Å². The first-order valence-electron chi connectivity index (χ1n) is 7.26. The monoisotopic (exact) mass is 403 g/mol. The molecule has 2 unspecified atom stereocenters. The van der Waals surface area contributed by atoms with Crippen LogP contribution in [0.3, 0.4) is 0 Å². The number of carbonyl (C=O) groups excluding carboxylic acids is 2. The zero-order chi connectivity index (χ0) is 19.3. The normalized spacial score (nSPS) is 19.1. The Morgan fingerprint density at radius 3 is 2.62 bits per heavy atom. The van der Waals surface area contributed by atoms with Crippen LogP contribution in [0.15, 0.2) is 34.5 Å². The van der Waals surface area contributed by atoms with Crippen LogP contribution in [0, 0.1) is 0 Å². The van der Waals surface area contributed by atoms with Crippen molar-refractivity contribution in [3.05, 3.63) is 45.6 Å². The van der Waals surface area contributed by atoms with Crippen molar-refractivity contribution in [1.29, 1.82) is 0 Å². The molecule has 0 saturated carbocycles. The molecule has 1 aliphatic heterocycles. The third-order valence-electron chi connectivity index (χ3n) is 3.98. The van der Waals surface area contributed by atoms with Crippen molar-refractivity contribution in [1.82, 2.24) is 0 Å². The lowest BCUT2D eigenvalue weighted by Gasteiger charge is -2.25. The summed E-state index contributed by atoms with van der Waals surface area (Å²) in [7, 11) is -1.60. The fraction of sp³-hybridized carbons (Fsp3) is 0.250. The molecule has 26 heavy (non-hydrogen) atoms. The molecule has 0 radical (unpaired) electrons. The standard InChI is InChI=1S/C16H12F3NO4S2/c1-15(23,16(17,18)19)14(22)20-8-2-3-10-12(6-8)26(24)7-11-9(13(10)21)4-5-25-11/h2-6,23H,7H2,1H3,(H,20,22). The number of thiophene rings is 1. The van der Waals surface area contributed by atoms with Gasteiger partial charge in [-0.3, -0.25) is 13.8 Å². The Hall–Kier alpha value is -2.04. The molecular formula is C16H12F3NO4S2. The predicted molar refractivity (Wildman–Crippen MR) is 89.6 cm³/mol. The fourth-order valence-electron chi connectivity index (χ4n) is 2.35. The number of hydrogen-bond donors (Lipinski definition) is 2. The van der Waals surface area contributed by atoms with Crippen LogP contribution in [0.25, 0.3) is 0 Å². The van der Waals surface area contributed by atoms with Crippen LogP contribution in [0.5, 0.6) is 0 Å². The lowest BCUT2D eigenvalue weighted by Crippen LogP contribution is -2.52. The molecule has 3 rings (SSSR count). The van der Waals surface area contributed by atoms with Crippen LogP contribution < -0.4 is 5.32 Å². The lowest BCUT2D eigenvalue weighted by molar-refractivity contribution is -0.242. The molecule has 1 aromatic heterocycles. The first-order valence-corrected chi connectivity index (χ1v) is 9.46. The predicted octanol–water partition coefficient (Wildman–Crippen LogP) is 2.85. The fourth-order valence-corrected chi connectivity index (χ4v) is 4.82. The van der Waals surface area contributed by atoms with Crippen molar-refractivity contribution >= 4 is 39.5 Å². The lowest BCUT2D eigenvalue weighted by atomic mass is 10.0. The van der Waals surface area contributed by atoms with Gasteiger partial charge in [-0.15, -0.1) is 11.3 Å². The number of benzene rings is 1. The Balaban J connectivity index is 1.95. The number of fused-ring (bicyclic) bond motifs is 2. The van der Waals surface area contributed by atoms with E-state index in [4.69, 9.17) is 0 Å². The summed E-state index contributed by atoms with van der Waals surface area (Å²) in [5, 5.41) is 13.1. The third-order valence-corrected chi connectivity index (χ3v) is 6.46. The number of rotatable bonds is 2. The van der Waals surface area contributed by atoms with Gasteiger partial charge in [0.05, 0.1) is 21.4 Å². The summed E-state index contributed by atoms with van der Waals surface area (Å²) < 4.78 is 50.7. The molecule has 0 aliphatic carbocycles. The minimum absolute atomic E-state index is 0.0929. The minimum atomic E-state index is -5.16. The Morgan fingerprint density at radius 1 is 1.27 bits per heavy atom. The number of hydrogen-bond acceptors (Lipinski definition) is 5. The Morgan fingerprint density at radius 2 is 1.96 bits per heavy atom. The van der Waals surface area contributed by atoms with Crippen LogP contribution in [0.1, 0.15) is 27.7 Å². The molecule has 1 aliphatic rings. The summed E-state index contributed by atoms with van der Waals surface area (Å²) in [5.41, 5.74) is -3.07. The van der Waals surface area contributed by atoms with Crippen LogP contribution in [-0.2, 0) is 21.3 Å². The maximum atomic E-state index is 12.7. The van der Waals surface area contributed by atoms with Gasteiger partial charge in [0.1, 0.15) is 0 Å². The molecule has 0 bridgehead atoms. The molecule has 138 valence electrons. The van der Waals surface area contributed by atoms with Crippen LogP contribution in [-0.4, -0.2) is 32.8 Å². The molecule has 0 fully saturated rings. The van der Waals surface area contributed by atoms with Crippen LogP contribution in [0.4, 0.5) is 18.9 Å². The van der Waals surface area contributed by atoms with Gasteiger partial charge in [-0.05, 0) is 36.6 Å². The van der Waals surface area contributed by atoms with Gasteiger partial charge in [0.15, 0.2) is 5.78 Å². The van der Waals surface area contributed by atoms with E-state index in [-0.39, 0.29) is 27.7 Å². The number of amides is 1. The maximum absolute atomic E-state index is 12.7. The number of anilines is 1. The first kappa shape index (κ1) is 18.7. The summed E-state index contributed by atoms with van der Waals surface area (Å²) in [6, 6.07) is 5.37. The van der Waals surface area contributed by atoms with E-state index in [0.717, 1.165) is 0 Å². The van der Waals surface area contributed by atoms with E-state index in [1.54, 1.807) is 11.4 Å². The smallest absolute Gasteiger partial charge is 0.373 e. The largest absolute Gasteiger partial charge is 0.426 e. The first-order chi connectivity index (χ1) is 12.0. The van der Waals surface area contributed by atoms with Gasteiger partial charge in [0, 0.05) is 21.7 Å². The summed E-state index contributed by atoms with van der Waals surface area (Å²) >= 11 is 1.30. The highest BCUT2D eigenvalue weighted by Crippen LogP contribution is 2.34. The number of aliphatic hydroxyl groups is 1. The quantitative estimate of drug-likeness (QED) is 0.808. The third kappa shape index (κ3) is 3.08. The maximum Gasteiger partial charge on any atom is 0.426 e. The van der Waals surface area contributed by atoms with E-state index < -0.39 is 28.5 Å². The van der Waals surface area contributed by atoms with E-state index in [2.05, 4.69) is 0 Å². The van der Waals surface area contributed by atoms with E-state index in [1.165, 1.54) is 29.5 Å². The number of ketones is 1. The van der Waals surface area contributed by atoms with Crippen LogP contribution >= 0.6 is 11.3 Å². The van der Waals surface area contributed by atoms with E-state index in [1.807, 2.05) is 5.32 Å². The van der Waals surface area contributed by atoms with Crippen molar-refractivity contribution < 1.29 is 32.1 Å². The van der Waals surface area contributed by atoms with Gasteiger partial charge in [-0.1, -0.05) is 0 Å². The summed E-state index contributed by atoms with van der Waals surface area (Å²) in [4.78, 5) is 25.1. The van der Waals surface area contributed by atoms with Crippen molar-refractivity contribution in [3.8, 4) is 0 Å². The van der Waals surface area contributed by atoms with E-state index in [0.29, 0.717) is 17.4 Å². The molecule has 2 atom stereocenters. The van der Waals surface area contributed by atoms with Gasteiger partial charge in [0.25, 0.3) is 5.91 Å². The van der Waals surface area contributed by atoms with Gasteiger partial charge < -0.3 is 10.4 Å². The van der Waals surface area contributed by atoms with Gasteiger partial charge in [0.2, 0.25) is 5.60 Å². The molecule has 1 aromatic carbocycles. The Kier molecular flexibility index (Phi) is 4.53. The molecule has 2 N–H and O–H groups in total. The molecule has 5 nitrogen and oxygen atoms in total. The Labute approximate surface area is 152 Å². The van der Waals surface area contributed by atoms with Crippen molar-refractivity contribution in [2.45, 2.75) is 29.3 Å². The van der Waals surface area contributed by atoms with Gasteiger partial charge in [-0.2, -0.15) is 13.2 Å². The highest BCUT2D eigenvalue weighted by Gasteiger charge is 2.55. The second kappa shape index (κ2) is 6.29. The summed E-state index contributed by atoms with van der Waals surface area (Å²) in [6.07, 6.45) is -5.16. The number of nitrogens with one attached hydrogen (secondary N) is 1. The average Bonchev–Trinajstić information content (AvgIpc) is 2.97. The number of alkyl halides is 3. The van der Waals surface area contributed by atoms with Crippen molar-refractivity contribution in [3.63, 3.8) is 0 Å². The summed E-state index contributed by atoms with van der Waals surface area (Å²) in [6.45, 7) is 0.339. The zero-order valence-corrected chi connectivity index (χ0v) is 14.8. The second-order valence-electron chi connectivity index (χ2n) is 5.81. The molecule has 2 heterocycles. The van der Waals surface area contributed by atoms with Gasteiger partial charge in [-0.25, -0.2) is 0 Å². The highest BCUT2D eigenvalue weighted by molar-refractivity contribution is 7.84. The summed E-state index contributed by atoms with van der Waals surface area (Å²) in [5.74, 6) is -1.90. The minimum Gasteiger partial charge on any atom is -0.373 e. The second-order valence-corrected chi connectivity index (χ2v) is 8.23. The number of carbonyl (C=O) groups is 2. The topological polar surface area (TPSA) is 83.5 Å². The van der Waals surface area contributed by atoms with E-state index in [9.17, 15) is 32.1 Å². The molecule has 10 heteroatoms. The molecule has 0 saturated heterocycles. The van der Waals surface area contributed by atoms with Crippen molar-refractivity contribution in [2.75, 3.05) is 5.32 Å². The molecule has 2 aromatic rings. The van der Waals surface area contributed by atoms with Crippen LogP contribution in [0.2, 0.25) is 0 Å². The molecular weight excluding hydrogens is 391 g/mol. The zero-order valence-electron chi connectivity index (χ0n) is 13.2. The molecule has 0 spiro atoms. The SMILES string of the molecule is CC(O)(C(=O)Nc1ccc2c(c1)S(=O)Cc1sccc1C2=O)C(F)(F)F. The number of halogens is 3. The average molecular weight is 403 g/mol. The molecule has 1 amide bonds. The van der Waals surface area contributed by atoms with E-state index >= 15 is 0 Å².